The first-order valence-electron chi connectivity index (χ1n) is 7.80. The number of amides is 2. The van der Waals surface area contributed by atoms with Gasteiger partial charge < -0.3 is 14.4 Å². The summed E-state index contributed by atoms with van der Waals surface area (Å²) in [5.41, 5.74) is 0.999. The second kappa shape index (κ2) is 7.12. The summed E-state index contributed by atoms with van der Waals surface area (Å²) in [6.07, 6.45) is 6.41. The van der Waals surface area contributed by atoms with Gasteiger partial charge in [0, 0.05) is 55.8 Å². The zero-order valence-electron chi connectivity index (χ0n) is 13.4. The van der Waals surface area contributed by atoms with Crippen molar-refractivity contribution in [3.8, 4) is 0 Å². The van der Waals surface area contributed by atoms with Gasteiger partial charge in [0.15, 0.2) is 0 Å². The van der Waals surface area contributed by atoms with Crippen LogP contribution in [0.5, 0.6) is 0 Å². The molecule has 0 atom stereocenters. The molecule has 1 fully saturated rings. The Kier molecular flexibility index (Phi) is 4.94. The highest BCUT2D eigenvalue weighted by Crippen LogP contribution is 2.18. The molecule has 0 N–H and O–H groups in total. The minimum atomic E-state index is -0.144. The van der Waals surface area contributed by atoms with Crippen molar-refractivity contribution in [1.29, 1.82) is 0 Å². The molecular weight excluding hydrogens is 374 g/mol. The fraction of sp³-hybridized carbons (Fsp3) is 0.375. The zero-order chi connectivity index (χ0) is 17.1. The normalized spacial score (nSPS) is 14.8. The number of carbonyl (C=O) groups excluding carboxylic acids is 2. The van der Waals surface area contributed by atoms with E-state index in [1.54, 1.807) is 9.80 Å². The quantitative estimate of drug-likeness (QED) is 0.797. The molecule has 0 spiro atoms. The Morgan fingerprint density at radius 2 is 1.79 bits per heavy atom. The smallest absolute Gasteiger partial charge is 0.274 e. The third kappa shape index (κ3) is 3.33. The standard InChI is InChI=1S/C16H18BrN5O2/c1-2-20-11-12(17)9-14(20)16(24)22-7-5-21(6-8-22)15(23)13-10-18-3-4-19-13/h3-4,9-11H,2,5-8H2,1H3. The van der Waals surface area contributed by atoms with Crippen molar-refractivity contribution in [2.45, 2.75) is 13.5 Å². The topological polar surface area (TPSA) is 71.3 Å². The number of hydrogen-bond donors (Lipinski definition) is 0. The van der Waals surface area contributed by atoms with Crippen LogP contribution in [-0.2, 0) is 6.54 Å². The Hall–Kier alpha value is -2.22. The summed E-state index contributed by atoms with van der Waals surface area (Å²) >= 11 is 3.41. The van der Waals surface area contributed by atoms with Crippen LogP contribution < -0.4 is 0 Å². The van der Waals surface area contributed by atoms with E-state index < -0.39 is 0 Å². The Morgan fingerprint density at radius 1 is 1.12 bits per heavy atom. The molecule has 126 valence electrons. The van der Waals surface area contributed by atoms with E-state index in [1.165, 1.54) is 18.6 Å². The van der Waals surface area contributed by atoms with E-state index in [0.29, 0.717) is 37.6 Å². The van der Waals surface area contributed by atoms with Crippen molar-refractivity contribution in [1.82, 2.24) is 24.3 Å². The van der Waals surface area contributed by atoms with Crippen molar-refractivity contribution in [3.63, 3.8) is 0 Å². The number of halogens is 1. The van der Waals surface area contributed by atoms with E-state index in [0.717, 1.165) is 11.0 Å². The van der Waals surface area contributed by atoms with Crippen LogP contribution >= 0.6 is 15.9 Å². The van der Waals surface area contributed by atoms with E-state index in [4.69, 9.17) is 0 Å². The van der Waals surface area contributed by atoms with Crippen LogP contribution in [0, 0.1) is 0 Å². The summed E-state index contributed by atoms with van der Waals surface area (Å²) < 4.78 is 2.81. The van der Waals surface area contributed by atoms with Crippen LogP contribution in [0.15, 0.2) is 35.3 Å². The first-order chi connectivity index (χ1) is 11.6. The number of rotatable bonds is 3. The first kappa shape index (κ1) is 16.6. The molecule has 1 aliphatic rings. The number of aryl methyl sites for hydroxylation is 1. The predicted molar refractivity (Wildman–Crippen MR) is 91.6 cm³/mol. The third-order valence-electron chi connectivity index (χ3n) is 4.06. The van der Waals surface area contributed by atoms with Crippen molar-refractivity contribution >= 4 is 27.7 Å². The van der Waals surface area contributed by atoms with Crippen molar-refractivity contribution in [3.05, 3.63) is 46.7 Å². The molecule has 1 aliphatic heterocycles. The molecule has 3 heterocycles. The number of carbonyl (C=O) groups is 2. The van der Waals surface area contributed by atoms with E-state index in [1.807, 2.05) is 23.8 Å². The molecule has 7 nitrogen and oxygen atoms in total. The summed E-state index contributed by atoms with van der Waals surface area (Å²) in [5, 5.41) is 0. The van der Waals surface area contributed by atoms with E-state index in [9.17, 15) is 9.59 Å². The van der Waals surface area contributed by atoms with Crippen LogP contribution in [0.4, 0.5) is 0 Å². The van der Waals surface area contributed by atoms with Crippen molar-refractivity contribution in [2.75, 3.05) is 26.2 Å². The van der Waals surface area contributed by atoms with Crippen molar-refractivity contribution < 1.29 is 9.59 Å². The monoisotopic (exact) mass is 391 g/mol. The maximum absolute atomic E-state index is 12.7. The molecule has 0 radical (unpaired) electrons. The van der Waals surface area contributed by atoms with Gasteiger partial charge in [0.2, 0.25) is 0 Å². The molecule has 0 aliphatic carbocycles. The molecule has 0 saturated carbocycles. The zero-order valence-corrected chi connectivity index (χ0v) is 14.9. The minimum absolute atomic E-state index is 0.00542. The summed E-state index contributed by atoms with van der Waals surface area (Å²) in [4.78, 5) is 36.5. The fourth-order valence-corrected chi connectivity index (χ4v) is 3.23. The van der Waals surface area contributed by atoms with Gasteiger partial charge in [-0.1, -0.05) is 0 Å². The van der Waals surface area contributed by atoms with Gasteiger partial charge >= 0.3 is 0 Å². The Bertz CT molecular complexity index is 738. The van der Waals surface area contributed by atoms with Crippen LogP contribution in [0.2, 0.25) is 0 Å². The lowest BCUT2D eigenvalue weighted by molar-refractivity contribution is 0.0526. The molecular formula is C16H18BrN5O2. The second-order valence-corrected chi connectivity index (χ2v) is 6.42. The molecule has 8 heteroatoms. The summed E-state index contributed by atoms with van der Waals surface area (Å²) in [7, 11) is 0. The van der Waals surface area contributed by atoms with Crippen LogP contribution in [0.1, 0.15) is 27.9 Å². The summed E-state index contributed by atoms with van der Waals surface area (Å²) in [6, 6.07) is 1.84. The molecule has 2 aromatic heterocycles. The number of piperazine rings is 1. The van der Waals surface area contributed by atoms with Crippen LogP contribution in [-0.4, -0.2) is 62.3 Å². The lowest BCUT2D eigenvalue weighted by Crippen LogP contribution is -2.51. The molecule has 2 aromatic rings. The van der Waals surface area contributed by atoms with Gasteiger partial charge in [-0.3, -0.25) is 14.6 Å². The van der Waals surface area contributed by atoms with Gasteiger partial charge in [-0.15, -0.1) is 0 Å². The van der Waals surface area contributed by atoms with Crippen LogP contribution in [0.25, 0.3) is 0 Å². The van der Waals surface area contributed by atoms with E-state index >= 15 is 0 Å². The summed E-state index contributed by atoms with van der Waals surface area (Å²) in [6.45, 7) is 4.75. The van der Waals surface area contributed by atoms with Gasteiger partial charge in [0.1, 0.15) is 11.4 Å². The average molecular weight is 392 g/mol. The highest BCUT2D eigenvalue weighted by molar-refractivity contribution is 9.10. The maximum Gasteiger partial charge on any atom is 0.274 e. The molecule has 3 rings (SSSR count). The third-order valence-corrected chi connectivity index (χ3v) is 4.49. The molecule has 0 aromatic carbocycles. The lowest BCUT2D eigenvalue weighted by atomic mass is 10.2. The highest BCUT2D eigenvalue weighted by atomic mass is 79.9. The minimum Gasteiger partial charge on any atom is -0.343 e. The predicted octanol–water partition coefficient (Wildman–Crippen LogP) is 1.66. The van der Waals surface area contributed by atoms with E-state index in [-0.39, 0.29) is 11.8 Å². The van der Waals surface area contributed by atoms with Gasteiger partial charge in [-0.2, -0.15) is 0 Å². The molecule has 1 saturated heterocycles. The Balaban J connectivity index is 1.64. The number of nitrogens with zero attached hydrogens (tertiary/aromatic N) is 5. The fourth-order valence-electron chi connectivity index (χ4n) is 2.76. The van der Waals surface area contributed by atoms with Crippen molar-refractivity contribution in [2.24, 2.45) is 0 Å². The Labute approximate surface area is 148 Å². The Morgan fingerprint density at radius 3 is 2.38 bits per heavy atom. The van der Waals surface area contributed by atoms with Gasteiger partial charge in [0.05, 0.1) is 6.20 Å². The number of hydrogen-bond acceptors (Lipinski definition) is 4. The lowest BCUT2D eigenvalue weighted by Gasteiger charge is -2.34. The molecule has 0 bridgehead atoms. The van der Waals surface area contributed by atoms with Gasteiger partial charge in [-0.05, 0) is 28.9 Å². The van der Waals surface area contributed by atoms with Gasteiger partial charge in [-0.25, -0.2) is 4.98 Å². The largest absolute Gasteiger partial charge is 0.343 e. The number of aromatic nitrogens is 3. The molecule has 2 amide bonds. The maximum atomic E-state index is 12.7. The highest BCUT2D eigenvalue weighted by Gasteiger charge is 2.27. The molecule has 24 heavy (non-hydrogen) atoms. The average Bonchev–Trinajstić information content (AvgIpc) is 3.02. The SMILES string of the molecule is CCn1cc(Br)cc1C(=O)N1CCN(C(=O)c2cnccn2)CC1. The van der Waals surface area contributed by atoms with E-state index in [2.05, 4.69) is 25.9 Å². The summed E-state index contributed by atoms with van der Waals surface area (Å²) in [5.74, 6) is -0.149. The van der Waals surface area contributed by atoms with Gasteiger partial charge in [0.25, 0.3) is 11.8 Å². The van der Waals surface area contributed by atoms with Crippen LogP contribution in [0.3, 0.4) is 0 Å². The second-order valence-electron chi connectivity index (χ2n) is 5.50. The molecule has 0 unspecified atom stereocenters. The first-order valence-corrected chi connectivity index (χ1v) is 8.59.